The highest BCUT2D eigenvalue weighted by Crippen LogP contribution is 2.39. The Morgan fingerprint density at radius 1 is 1.24 bits per heavy atom. The minimum atomic E-state index is -0.737. The van der Waals surface area contributed by atoms with E-state index in [1.54, 1.807) is 16.2 Å². The van der Waals surface area contributed by atoms with Crippen molar-refractivity contribution in [3.8, 4) is 10.4 Å². The van der Waals surface area contributed by atoms with E-state index >= 15 is 0 Å². The number of hydrogen-bond donors (Lipinski definition) is 3. The molecule has 3 heterocycles. The Kier molecular flexibility index (Phi) is 8.49. The van der Waals surface area contributed by atoms with Gasteiger partial charge in [0.15, 0.2) is 0 Å². The predicted molar refractivity (Wildman–Crippen MR) is 157 cm³/mol. The van der Waals surface area contributed by atoms with Crippen molar-refractivity contribution in [1.29, 1.82) is 0 Å². The molecular formula is C30H40N6O4S. The van der Waals surface area contributed by atoms with Crippen molar-refractivity contribution in [2.45, 2.75) is 71.0 Å². The van der Waals surface area contributed by atoms with Gasteiger partial charge in [-0.2, -0.15) is 0 Å². The molecule has 0 radical (unpaired) electrons. The zero-order valence-electron chi connectivity index (χ0n) is 24.0. The quantitative estimate of drug-likeness (QED) is 0.319. The van der Waals surface area contributed by atoms with E-state index in [2.05, 4.69) is 10.3 Å². The lowest BCUT2D eigenvalue weighted by Gasteiger charge is -2.40. The van der Waals surface area contributed by atoms with Gasteiger partial charge in [0.1, 0.15) is 18.4 Å². The molecule has 3 fully saturated rings. The molecule has 1 aromatic carbocycles. The molecule has 1 saturated carbocycles. The smallest absolute Gasteiger partial charge is 0.248 e. The van der Waals surface area contributed by atoms with E-state index in [9.17, 15) is 14.4 Å². The van der Waals surface area contributed by atoms with Gasteiger partial charge in [0.25, 0.3) is 0 Å². The summed E-state index contributed by atoms with van der Waals surface area (Å²) in [7, 11) is 0. The van der Waals surface area contributed by atoms with Crippen molar-refractivity contribution in [2.24, 2.45) is 22.9 Å². The molecule has 1 aromatic heterocycles. The minimum absolute atomic E-state index is 0.128. The number of allylic oxidation sites excluding steroid dienone is 1. The largest absolute Gasteiger partial charge is 0.400 e. The third-order valence-electron chi connectivity index (χ3n) is 8.43. The number of ether oxygens (including phenoxy) is 1. The number of amides is 2. The van der Waals surface area contributed by atoms with Crippen molar-refractivity contribution >= 4 is 29.4 Å². The average Bonchev–Trinajstić information content (AvgIpc) is 3.54. The second-order valence-electron chi connectivity index (χ2n) is 12.0. The summed E-state index contributed by atoms with van der Waals surface area (Å²) in [6, 6.07) is 5.93. The van der Waals surface area contributed by atoms with Crippen LogP contribution < -0.4 is 16.9 Å². The molecule has 0 bridgehead atoms. The summed E-state index contributed by atoms with van der Waals surface area (Å²) in [6.07, 6.45) is 4.19. The number of nitrogens with two attached hydrogens (primary N) is 2. The van der Waals surface area contributed by atoms with Crippen LogP contribution in [-0.2, 0) is 19.1 Å². The molecule has 11 heteroatoms. The Labute approximate surface area is 245 Å². The van der Waals surface area contributed by atoms with Gasteiger partial charge in [-0.25, -0.2) is 10.8 Å². The van der Waals surface area contributed by atoms with E-state index in [1.165, 1.54) is 5.01 Å². The summed E-state index contributed by atoms with van der Waals surface area (Å²) in [6.45, 7) is 6.92. The fourth-order valence-electron chi connectivity index (χ4n) is 5.96. The van der Waals surface area contributed by atoms with E-state index < -0.39 is 23.5 Å². The Morgan fingerprint density at radius 2 is 1.98 bits per heavy atom. The summed E-state index contributed by atoms with van der Waals surface area (Å²) >= 11 is 1.57. The predicted octanol–water partition coefficient (Wildman–Crippen LogP) is 3.04. The lowest BCUT2D eigenvalue weighted by molar-refractivity contribution is -0.146. The summed E-state index contributed by atoms with van der Waals surface area (Å²) in [5.41, 5.74) is 11.8. The molecule has 5 rings (SSSR count). The molecule has 3 unspecified atom stereocenters. The summed E-state index contributed by atoms with van der Waals surface area (Å²) < 4.78 is 5.93. The first-order valence-corrected chi connectivity index (χ1v) is 15.2. The molecule has 2 aromatic rings. The maximum absolute atomic E-state index is 14.2. The Hall–Kier alpha value is -3.28. The minimum Gasteiger partial charge on any atom is -0.400 e. The molecule has 41 heavy (non-hydrogen) atoms. The van der Waals surface area contributed by atoms with E-state index in [4.69, 9.17) is 16.3 Å². The fraction of sp³-hybridized carbons (Fsp3) is 0.533. The third-order valence-corrected chi connectivity index (χ3v) is 9.41. The van der Waals surface area contributed by atoms with Crippen molar-refractivity contribution in [2.75, 3.05) is 19.8 Å². The number of carbonyl (C=O) groups is 3. The molecule has 2 amide bonds. The normalized spacial score (nSPS) is 24.5. The van der Waals surface area contributed by atoms with Gasteiger partial charge in [-0.3, -0.25) is 14.6 Å². The number of hydrogen-bond acceptors (Lipinski definition) is 9. The lowest BCUT2D eigenvalue weighted by Crippen LogP contribution is -2.60. The molecule has 3 atom stereocenters. The van der Waals surface area contributed by atoms with Crippen LogP contribution in [0.15, 0.2) is 41.2 Å². The van der Waals surface area contributed by atoms with Gasteiger partial charge in [0, 0.05) is 30.0 Å². The number of rotatable bonds is 8. The van der Waals surface area contributed by atoms with Gasteiger partial charge in [-0.1, -0.05) is 38.1 Å². The first-order chi connectivity index (χ1) is 19.6. The maximum Gasteiger partial charge on any atom is 0.248 e. The van der Waals surface area contributed by atoms with Crippen LogP contribution in [0.4, 0.5) is 0 Å². The molecule has 10 nitrogen and oxygen atoms in total. The third kappa shape index (κ3) is 6.02. The molecule has 2 aliphatic heterocycles. The fourth-order valence-corrected chi connectivity index (χ4v) is 6.77. The molecule has 2 saturated heterocycles. The van der Waals surface area contributed by atoms with Crippen LogP contribution in [0, 0.1) is 18.3 Å². The van der Waals surface area contributed by atoms with Crippen LogP contribution in [0.25, 0.3) is 10.4 Å². The van der Waals surface area contributed by atoms with Crippen LogP contribution in [-0.4, -0.2) is 64.8 Å². The van der Waals surface area contributed by atoms with Crippen molar-refractivity contribution in [3.63, 3.8) is 0 Å². The highest BCUT2D eigenvalue weighted by Gasteiger charge is 2.48. The van der Waals surface area contributed by atoms with E-state index in [-0.39, 0.29) is 30.8 Å². The Bertz CT molecular complexity index is 1320. The molecule has 0 spiro atoms. The van der Waals surface area contributed by atoms with Gasteiger partial charge < -0.3 is 25.5 Å². The van der Waals surface area contributed by atoms with Crippen LogP contribution in [0.5, 0.6) is 0 Å². The summed E-state index contributed by atoms with van der Waals surface area (Å²) in [4.78, 5) is 46.4. The SMILES string of the molecule is Cc1ncsc1-c1ccc(C(CC=O)NC(=O)C2CCCN2C(=O)C2N(N)/C(=C(\N)C3CC3)COCC2(C)C)cc1. The number of aldehydes is 1. The Morgan fingerprint density at radius 3 is 2.61 bits per heavy atom. The highest BCUT2D eigenvalue weighted by molar-refractivity contribution is 7.13. The number of nitrogens with one attached hydrogen (secondary N) is 1. The van der Waals surface area contributed by atoms with Crippen LogP contribution in [0.3, 0.4) is 0 Å². The van der Waals surface area contributed by atoms with Crippen LogP contribution in [0.2, 0.25) is 0 Å². The van der Waals surface area contributed by atoms with E-state index in [0.717, 1.165) is 40.8 Å². The zero-order chi connectivity index (χ0) is 29.3. The number of nitrogens with zero attached hydrogens (tertiary/aromatic N) is 3. The Balaban J connectivity index is 1.34. The van der Waals surface area contributed by atoms with E-state index in [0.29, 0.717) is 37.4 Å². The maximum atomic E-state index is 14.2. The van der Waals surface area contributed by atoms with Gasteiger partial charge in [0.2, 0.25) is 11.8 Å². The molecule has 220 valence electrons. The number of benzene rings is 1. The number of aromatic nitrogens is 1. The van der Waals surface area contributed by atoms with Crippen molar-refractivity contribution < 1.29 is 19.1 Å². The standard InChI is InChI=1S/C30H40N6O4S/c1-18-26(41-17-33-18)21-10-6-19(7-11-21)22(12-14-37)34-28(38)23-5-4-13-35(23)29(39)27-30(2,3)16-40-15-24(36(27)32)25(31)20-8-9-20/h6-7,10-11,14,17,20,22-23,27H,4-5,8-9,12-13,15-16,31-32H2,1-3H3,(H,34,38)/b25-24-. The van der Waals surface area contributed by atoms with E-state index in [1.807, 2.05) is 50.5 Å². The first kappa shape index (κ1) is 29.2. The second-order valence-corrected chi connectivity index (χ2v) is 12.9. The summed E-state index contributed by atoms with van der Waals surface area (Å²) in [5.74, 6) is 6.42. The average molecular weight is 581 g/mol. The van der Waals surface area contributed by atoms with Crippen molar-refractivity contribution in [1.82, 2.24) is 20.2 Å². The summed E-state index contributed by atoms with van der Waals surface area (Å²) in [5, 5.41) is 4.55. The number of likely N-dealkylation sites (tertiary alicyclic amines) is 1. The van der Waals surface area contributed by atoms with Crippen molar-refractivity contribution in [3.05, 3.63) is 52.4 Å². The number of aryl methyl sites for hydroxylation is 1. The van der Waals surface area contributed by atoms with Crippen LogP contribution in [0.1, 0.15) is 63.3 Å². The highest BCUT2D eigenvalue weighted by atomic mass is 32.1. The lowest BCUT2D eigenvalue weighted by atomic mass is 9.83. The topological polar surface area (TPSA) is 144 Å². The monoisotopic (exact) mass is 580 g/mol. The number of carbonyl (C=O) groups excluding carboxylic acids is 3. The zero-order valence-corrected chi connectivity index (χ0v) is 24.8. The number of hydrazine groups is 1. The first-order valence-electron chi connectivity index (χ1n) is 14.3. The second kappa shape index (κ2) is 11.9. The van der Waals surface area contributed by atoms with Gasteiger partial charge in [0.05, 0.1) is 41.0 Å². The van der Waals surface area contributed by atoms with Gasteiger partial charge in [-0.15, -0.1) is 11.3 Å². The van der Waals surface area contributed by atoms with Gasteiger partial charge >= 0.3 is 0 Å². The molecule has 5 N–H and O–H groups in total. The molecule has 3 aliphatic rings. The number of thiazole rings is 1. The van der Waals surface area contributed by atoms with Gasteiger partial charge in [-0.05, 0) is 43.7 Å². The molecular weight excluding hydrogens is 540 g/mol. The molecule has 1 aliphatic carbocycles. The van der Waals surface area contributed by atoms with Crippen LogP contribution >= 0.6 is 11.3 Å².